The van der Waals surface area contributed by atoms with E-state index in [-0.39, 0.29) is 18.1 Å². The highest BCUT2D eigenvalue weighted by atomic mass is 16.5. The van der Waals surface area contributed by atoms with Crippen LogP contribution in [-0.2, 0) is 9.53 Å². The van der Waals surface area contributed by atoms with Crippen molar-refractivity contribution in [1.82, 2.24) is 10.2 Å². The molecule has 4 heteroatoms. The summed E-state index contributed by atoms with van der Waals surface area (Å²) in [4.78, 5) is 14.3. The Morgan fingerprint density at radius 1 is 1.38 bits per heavy atom. The van der Waals surface area contributed by atoms with Crippen LogP contribution < -0.4 is 5.32 Å². The third-order valence-corrected chi connectivity index (χ3v) is 3.79. The lowest BCUT2D eigenvalue weighted by Crippen LogP contribution is -2.45. The first kappa shape index (κ1) is 11.9. The maximum absolute atomic E-state index is 12.3. The molecule has 0 spiro atoms. The van der Waals surface area contributed by atoms with Crippen LogP contribution in [0.5, 0.6) is 0 Å². The van der Waals surface area contributed by atoms with Crippen LogP contribution in [0.4, 0.5) is 0 Å². The number of rotatable bonds is 2. The molecule has 2 heterocycles. The Morgan fingerprint density at radius 2 is 2.12 bits per heavy atom. The van der Waals surface area contributed by atoms with E-state index in [9.17, 15) is 4.79 Å². The molecule has 0 aromatic heterocycles. The number of hydrogen-bond donors (Lipinski definition) is 1. The molecule has 2 fully saturated rings. The molecule has 2 aliphatic rings. The van der Waals surface area contributed by atoms with Crippen LogP contribution in [-0.4, -0.2) is 49.2 Å². The standard InChI is InChI=1S/C12H22N2O2/c1-8-4-9(2)14(7-8)12(15)11-5-10(16-3)6-13-11/h8-11,13H,4-7H2,1-3H3. The van der Waals surface area contributed by atoms with Crippen LogP contribution in [0.2, 0.25) is 0 Å². The molecule has 4 nitrogen and oxygen atoms in total. The first-order valence-corrected chi connectivity index (χ1v) is 6.18. The van der Waals surface area contributed by atoms with Crippen LogP contribution >= 0.6 is 0 Å². The van der Waals surface area contributed by atoms with Gasteiger partial charge in [-0.2, -0.15) is 0 Å². The molecule has 2 aliphatic heterocycles. The van der Waals surface area contributed by atoms with Crippen molar-refractivity contribution in [2.45, 2.75) is 44.9 Å². The molecular weight excluding hydrogens is 204 g/mol. The van der Waals surface area contributed by atoms with Crippen molar-refractivity contribution < 1.29 is 9.53 Å². The van der Waals surface area contributed by atoms with Gasteiger partial charge in [-0.05, 0) is 25.7 Å². The number of amides is 1. The Hall–Kier alpha value is -0.610. The Kier molecular flexibility index (Phi) is 3.50. The van der Waals surface area contributed by atoms with Gasteiger partial charge in [0, 0.05) is 26.2 Å². The SMILES string of the molecule is COC1CNC(C(=O)N2CC(C)CC2C)C1. The third kappa shape index (κ3) is 2.23. The lowest BCUT2D eigenvalue weighted by molar-refractivity contribution is -0.133. The normalized spacial score (nSPS) is 39.3. The van der Waals surface area contributed by atoms with E-state index < -0.39 is 0 Å². The van der Waals surface area contributed by atoms with Crippen molar-refractivity contribution in [1.29, 1.82) is 0 Å². The van der Waals surface area contributed by atoms with E-state index >= 15 is 0 Å². The molecule has 16 heavy (non-hydrogen) atoms. The molecule has 0 saturated carbocycles. The van der Waals surface area contributed by atoms with Crippen molar-refractivity contribution in [2.75, 3.05) is 20.2 Å². The van der Waals surface area contributed by atoms with Crippen molar-refractivity contribution in [3.63, 3.8) is 0 Å². The molecule has 0 bridgehead atoms. The van der Waals surface area contributed by atoms with Gasteiger partial charge in [-0.25, -0.2) is 0 Å². The monoisotopic (exact) mass is 226 g/mol. The van der Waals surface area contributed by atoms with Gasteiger partial charge in [0.15, 0.2) is 0 Å². The quantitative estimate of drug-likeness (QED) is 0.750. The Balaban J connectivity index is 1.93. The molecule has 92 valence electrons. The number of nitrogens with zero attached hydrogens (tertiary/aromatic N) is 1. The van der Waals surface area contributed by atoms with Gasteiger partial charge in [0.2, 0.25) is 5.91 Å². The molecule has 2 rings (SSSR count). The van der Waals surface area contributed by atoms with Crippen LogP contribution in [0.3, 0.4) is 0 Å². The number of likely N-dealkylation sites (tertiary alicyclic amines) is 1. The van der Waals surface area contributed by atoms with Crippen molar-refractivity contribution in [3.8, 4) is 0 Å². The number of ether oxygens (including phenoxy) is 1. The van der Waals surface area contributed by atoms with Crippen LogP contribution in [0.15, 0.2) is 0 Å². The Labute approximate surface area is 97.3 Å². The average molecular weight is 226 g/mol. The number of methoxy groups -OCH3 is 1. The van der Waals surface area contributed by atoms with Gasteiger partial charge in [-0.1, -0.05) is 6.92 Å². The zero-order chi connectivity index (χ0) is 11.7. The zero-order valence-electron chi connectivity index (χ0n) is 10.4. The molecule has 2 saturated heterocycles. The molecule has 1 N–H and O–H groups in total. The molecular formula is C12H22N2O2. The fourth-order valence-electron chi connectivity index (χ4n) is 2.88. The second-order valence-corrected chi connectivity index (χ2v) is 5.23. The van der Waals surface area contributed by atoms with Gasteiger partial charge in [-0.15, -0.1) is 0 Å². The van der Waals surface area contributed by atoms with E-state index in [0.717, 1.165) is 25.9 Å². The highest BCUT2D eigenvalue weighted by Gasteiger charge is 2.37. The Bertz CT molecular complexity index is 270. The topological polar surface area (TPSA) is 41.6 Å². The van der Waals surface area contributed by atoms with Gasteiger partial charge in [0.1, 0.15) is 0 Å². The molecule has 1 amide bonds. The first-order valence-electron chi connectivity index (χ1n) is 6.18. The maximum atomic E-state index is 12.3. The minimum Gasteiger partial charge on any atom is -0.380 e. The lowest BCUT2D eigenvalue weighted by atomic mass is 10.1. The Morgan fingerprint density at radius 3 is 2.62 bits per heavy atom. The number of carbonyl (C=O) groups excluding carboxylic acids is 1. The summed E-state index contributed by atoms with van der Waals surface area (Å²) in [7, 11) is 1.71. The van der Waals surface area contributed by atoms with E-state index in [0.29, 0.717) is 12.0 Å². The van der Waals surface area contributed by atoms with Gasteiger partial charge in [0.25, 0.3) is 0 Å². The largest absolute Gasteiger partial charge is 0.380 e. The van der Waals surface area contributed by atoms with Gasteiger partial charge >= 0.3 is 0 Å². The fourth-order valence-corrected chi connectivity index (χ4v) is 2.88. The van der Waals surface area contributed by atoms with Crippen LogP contribution in [0, 0.1) is 5.92 Å². The summed E-state index contributed by atoms with van der Waals surface area (Å²) in [5.41, 5.74) is 0. The number of carbonyl (C=O) groups is 1. The summed E-state index contributed by atoms with van der Waals surface area (Å²) in [6, 6.07) is 0.364. The highest BCUT2D eigenvalue weighted by Crippen LogP contribution is 2.24. The summed E-state index contributed by atoms with van der Waals surface area (Å²) < 4.78 is 5.27. The fraction of sp³-hybridized carbons (Fsp3) is 0.917. The van der Waals surface area contributed by atoms with E-state index in [1.54, 1.807) is 7.11 Å². The second-order valence-electron chi connectivity index (χ2n) is 5.23. The minimum absolute atomic E-state index is 0.0299. The van der Waals surface area contributed by atoms with Gasteiger partial charge < -0.3 is 15.0 Å². The van der Waals surface area contributed by atoms with Crippen LogP contribution in [0.1, 0.15) is 26.7 Å². The van der Waals surface area contributed by atoms with Crippen molar-refractivity contribution >= 4 is 5.91 Å². The number of hydrogen-bond acceptors (Lipinski definition) is 3. The summed E-state index contributed by atoms with van der Waals surface area (Å²) in [6.45, 7) is 6.06. The van der Waals surface area contributed by atoms with Crippen LogP contribution in [0.25, 0.3) is 0 Å². The smallest absolute Gasteiger partial charge is 0.240 e. The minimum atomic E-state index is -0.0299. The van der Waals surface area contributed by atoms with E-state index in [2.05, 4.69) is 19.2 Å². The summed E-state index contributed by atoms with van der Waals surface area (Å²) >= 11 is 0. The summed E-state index contributed by atoms with van der Waals surface area (Å²) in [6.07, 6.45) is 2.14. The van der Waals surface area contributed by atoms with Gasteiger partial charge in [-0.3, -0.25) is 4.79 Å². The van der Waals surface area contributed by atoms with E-state index in [4.69, 9.17) is 4.74 Å². The predicted molar refractivity (Wildman–Crippen MR) is 62.2 cm³/mol. The molecule has 0 aromatic carbocycles. The molecule has 4 atom stereocenters. The van der Waals surface area contributed by atoms with E-state index in [1.807, 2.05) is 4.90 Å². The number of nitrogens with one attached hydrogen (secondary N) is 1. The molecule has 0 radical (unpaired) electrons. The lowest BCUT2D eigenvalue weighted by Gasteiger charge is -2.24. The first-order chi connectivity index (χ1) is 7.61. The molecule has 0 aliphatic carbocycles. The zero-order valence-corrected chi connectivity index (χ0v) is 10.4. The average Bonchev–Trinajstić information content (AvgIpc) is 2.84. The van der Waals surface area contributed by atoms with Crippen molar-refractivity contribution in [2.24, 2.45) is 5.92 Å². The van der Waals surface area contributed by atoms with Gasteiger partial charge in [0.05, 0.1) is 12.1 Å². The van der Waals surface area contributed by atoms with E-state index in [1.165, 1.54) is 0 Å². The highest BCUT2D eigenvalue weighted by molar-refractivity contribution is 5.82. The maximum Gasteiger partial charge on any atom is 0.240 e. The summed E-state index contributed by atoms with van der Waals surface area (Å²) in [5, 5.41) is 3.25. The molecule has 4 unspecified atom stereocenters. The predicted octanol–water partition coefficient (Wildman–Crippen LogP) is 0.620. The molecule has 0 aromatic rings. The third-order valence-electron chi connectivity index (χ3n) is 3.79. The van der Waals surface area contributed by atoms with Crippen molar-refractivity contribution in [3.05, 3.63) is 0 Å². The summed E-state index contributed by atoms with van der Waals surface area (Å²) in [5.74, 6) is 0.898. The second kappa shape index (κ2) is 4.72.